The highest BCUT2D eigenvalue weighted by Crippen LogP contribution is 2.20. The van der Waals surface area contributed by atoms with Gasteiger partial charge in [0, 0.05) is 7.05 Å². The Morgan fingerprint density at radius 2 is 2.39 bits per heavy atom. The van der Waals surface area contributed by atoms with Crippen LogP contribution in [0.1, 0.15) is 23.7 Å². The van der Waals surface area contributed by atoms with E-state index >= 15 is 0 Å². The Morgan fingerprint density at radius 3 is 2.94 bits per heavy atom. The van der Waals surface area contributed by atoms with Crippen LogP contribution in [0.3, 0.4) is 0 Å². The average molecular weight is 266 g/mol. The number of hydrogen-bond acceptors (Lipinski definition) is 6. The van der Waals surface area contributed by atoms with Crippen LogP contribution < -0.4 is 5.73 Å². The summed E-state index contributed by atoms with van der Waals surface area (Å²) in [5.41, 5.74) is 5.47. The lowest BCUT2D eigenvalue weighted by Gasteiger charge is -2.22. The predicted molar refractivity (Wildman–Crippen MR) is 67.9 cm³/mol. The quantitative estimate of drug-likeness (QED) is 0.905. The highest BCUT2D eigenvalue weighted by Gasteiger charge is 2.20. The minimum Gasteiger partial charge on any atom is -0.467 e. The van der Waals surface area contributed by atoms with E-state index in [0.29, 0.717) is 10.1 Å². The third-order valence-corrected chi connectivity index (χ3v) is 3.47. The van der Waals surface area contributed by atoms with Gasteiger partial charge in [0.05, 0.1) is 18.7 Å². The molecule has 1 atom stereocenters. The molecule has 0 aliphatic rings. The molecular formula is C11H14N4O2S. The monoisotopic (exact) mass is 266 g/mol. The molecule has 2 heterocycles. The summed E-state index contributed by atoms with van der Waals surface area (Å²) in [6.45, 7) is 1.91. The fraction of sp³-hybridized carbons (Fsp3) is 0.364. The van der Waals surface area contributed by atoms with Crippen LogP contribution >= 0.6 is 11.3 Å². The van der Waals surface area contributed by atoms with Crippen LogP contribution in [0.15, 0.2) is 22.8 Å². The molecule has 96 valence electrons. The van der Waals surface area contributed by atoms with Crippen LogP contribution in [-0.2, 0) is 11.2 Å². The number of nitrogens with zero attached hydrogens (tertiary/aromatic N) is 3. The first-order valence-corrected chi connectivity index (χ1v) is 6.26. The number of amides is 1. The first-order valence-electron chi connectivity index (χ1n) is 5.45. The second kappa shape index (κ2) is 5.18. The van der Waals surface area contributed by atoms with E-state index in [1.54, 1.807) is 24.3 Å². The number of hydrogen-bond donors (Lipinski definition) is 1. The molecule has 0 saturated heterocycles. The van der Waals surface area contributed by atoms with E-state index in [0.717, 1.165) is 5.76 Å². The van der Waals surface area contributed by atoms with Gasteiger partial charge in [0.1, 0.15) is 10.8 Å². The van der Waals surface area contributed by atoms with E-state index in [1.807, 2.05) is 13.0 Å². The maximum Gasteiger partial charge on any atom is 0.229 e. The molecule has 6 nitrogen and oxygen atoms in total. The van der Waals surface area contributed by atoms with Gasteiger partial charge in [-0.05, 0) is 19.1 Å². The van der Waals surface area contributed by atoms with E-state index in [1.165, 1.54) is 11.3 Å². The number of rotatable bonds is 4. The molecule has 0 aliphatic heterocycles. The molecule has 2 N–H and O–H groups in total. The lowest BCUT2D eigenvalue weighted by Crippen LogP contribution is -2.30. The zero-order valence-corrected chi connectivity index (χ0v) is 11.0. The van der Waals surface area contributed by atoms with Crippen LogP contribution in [0, 0.1) is 0 Å². The highest BCUT2D eigenvalue weighted by atomic mass is 32.1. The largest absolute Gasteiger partial charge is 0.467 e. The van der Waals surface area contributed by atoms with Gasteiger partial charge in [-0.15, -0.1) is 10.2 Å². The van der Waals surface area contributed by atoms with Crippen molar-refractivity contribution in [2.45, 2.75) is 19.4 Å². The molecule has 2 rings (SSSR count). The summed E-state index contributed by atoms with van der Waals surface area (Å²) < 4.78 is 5.28. The molecule has 1 unspecified atom stereocenters. The molecule has 0 bridgehead atoms. The first kappa shape index (κ1) is 12.6. The van der Waals surface area contributed by atoms with Crippen molar-refractivity contribution in [1.29, 1.82) is 0 Å². The van der Waals surface area contributed by atoms with Gasteiger partial charge >= 0.3 is 0 Å². The van der Waals surface area contributed by atoms with Crippen molar-refractivity contribution in [3.05, 3.63) is 29.2 Å². The second-order valence-corrected chi connectivity index (χ2v) is 5.00. The number of nitrogen functional groups attached to an aromatic ring is 1. The minimum absolute atomic E-state index is 0.0462. The van der Waals surface area contributed by atoms with E-state index in [2.05, 4.69) is 10.2 Å². The SMILES string of the molecule is CC(c1ccco1)N(C)C(=O)Cc1nnc(N)s1. The zero-order chi connectivity index (χ0) is 13.1. The molecule has 0 aromatic carbocycles. The summed E-state index contributed by atoms with van der Waals surface area (Å²) in [5, 5.41) is 8.51. The van der Waals surface area contributed by atoms with Crippen molar-refractivity contribution in [1.82, 2.24) is 15.1 Å². The van der Waals surface area contributed by atoms with Crippen molar-refractivity contribution in [2.24, 2.45) is 0 Å². The van der Waals surface area contributed by atoms with Gasteiger partial charge in [-0.25, -0.2) is 0 Å². The maximum absolute atomic E-state index is 12.0. The number of carbonyl (C=O) groups excluding carboxylic acids is 1. The summed E-state index contributed by atoms with van der Waals surface area (Å²) in [6, 6.07) is 3.53. The summed E-state index contributed by atoms with van der Waals surface area (Å²) in [6.07, 6.45) is 1.80. The molecule has 0 radical (unpaired) electrons. The topological polar surface area (TPSA) is 85.2 Å². The van der Waals surface area contributed by atoms with Gasteiger partial charge in [0.15, 0.2) is 0 Å². The Bertz CT molecular complexity index is 523. The Balaban J connectivity index is 2.00. The Morgan fingerprint density at radius 1 is 1.61 bits per heavy atom. The number of carbonyl (C=O) groups is 1. The van der Waals surface area contributed by atoms with Crippen molar-refractivity contribution in [3.63, 3.8) is 0 Å². The van der Waals surface area contributed by atoms with Crippen LogP contribution in [0.5, 0.6) is 0 Å². The summed E-state index contributed by atoms with van der Waals surface area (Å²) >= 11 is 1.23. The minimum atomic E-state index is -0.113. The van der Waals surface area contributed by atoms with Gasteiger partial charge < -0.3 is 15.1 Å². The molecule has 18 heavy (non-hydrogen) atoms. The van der Waals surface area contributed by atoms with E-state index < -0.39 is 0 Å². The van der Waals surface area contributed by atoms with Gasteiger partial charge in [0.25, 0.3) is 0 Å². The molecule has 0 fully saturated rings. The van der Waals surface area contributed by atoms with Crippen LogP contribution in [0.25, 0.3) is 0 Å². The van der Waals surface area contributed by atoms with Crippen molar-refractivity contribution >= 4 is 22.4 Å². The normalized spacial score (nSPS) is 12.3. The average Bonchev–Trinajstić information content (AvgIpc) is 2.98. The fourth-order valence-electron chi connectivity index (χ4n) is 1.53. The van der Waals surface area contributed by atoms with Crippen LogP contribution in [-0.4, -0.2) is 28.1 Å². The number of likely N-dealkylation sites (N-methyl/N-ethyl adjacent to an activating group) is 1. The first-order chi connectivity index (χ1) is 8.58. The number of aromatic nitrogens is 2. The highest BCUT2D eigenvalue weighted by molar-refractivity contribution is 7.15. The molecule has 2 aromatic rings. The van der Waals surface area contributed by atoms with Crippen molar-refractivity contribution in [2.75, 3.05) is 12.8 Å². The lowest BCUT2D eigenvalue weighted by atomic mass is 10.2. The van der Waals surface area contributed by atoms with Gasteiger partial charge in [-0.1, -0.05) is 11.3 Å². The number of furan rings is 1. The third-order valence-electron chi connectivity index (χ3n) is 2.71. The predicted octanol–water partition coefficient (Wildman–Crippen LogP) is 1.48. The molecule has 0 spiro atoms. The zero-order valence-electron chi connectivity index (χ0n) is 10.2. The summed E-state index contributed by atoms with van der Waals surface area (Å²) in [5.74, 6) is 0.706. The van der Waals surface area contributed by atoms with Gasteiger partial charge in [-0.3, -0.25) is 4.79 Å². The summed E-state index contributed by atoms with van der Waals surface area (Å²) in [7, 11) is 1.74. The van der Waals surface area contributed by atoms with Gasteiger partial charge in [-0.2, -0.15) is 0 Å². The van der Waals surface area contributed by atoms with E-state index in [4.69, 9.17) is 10.2 Å². The lowest BCUT2D eigenvalue weighted by molar-refractivity contribution is -0.131. The van der Waals surface area contributed by atoms with E-state index in [9.17, 15) is 4.79 Å². The summed E-state index contributed by atoms with van der Waals surface area (Å²) in [4.78, 5) is 13.7. The third kappa shape index (κ3) is 2.67. The van der Waals surface area contributed by atoms with Crippen LogP contribution in [0.4, 0.5) is 5.13 Å². The molecule has 2 aromatic heterocycles. The Labute approximate surface area is 108 Å². The number of nitrogens with two attached hydrogens (primary N) is 1. The molecular weight excluding hydrogens is 252 g/mol. The van der Waals surface area contributed by atoms with E-state index in [-0.39, 0.29) is 18.4 Å². The van der Waals surface area contributed by atoms with Crippen molar-refractivity contribution in [3.8, 4) is 0 Å². The fourth-order valence-corrected chi connectivity index (χ4v) is 2.13. The standard InChI is InChI=1S/C11H14N4O2S/c1-7(8-4-3-5-17-8)15(2)10(16)6-9-13-14-11(12)18-9/h3-5,7H,6H2,1-2H3,(H2,12,14). The molecule has 0 saturated carbocycles. The second-order valence-electron chi connectivity index (χ2n) is 3.91. The van der Waals surface area contributed by atoms with Crippen LogP contribution in [0.2, 0.25) is 0 Å². The van der Waals surface area contributed by atoms with Gasteiger partial charge in [0.2, 0.25) is 11.0 Å². The molecule has 7 heteroatoms. The molecule has 1 amide bonds. The Kier molecular flexibility index (Phi) is 3.61. The van der Waals surface area contributed by atoms with Crippen molar-refractivity contribution < 1.29 is 9.21 Å². The molecule has 0 aliphatic carbocycles. The number of anilines is 1. The maximum atomic E-state index is 12.0. The Hall–Kier alpha value is -1.89. The smallest absolute Gasteiger partial charge is 0.229 e.